The normalized spacial score (nSPS) is 23.9. The highest BCUT2D eigenvalue weighted by molar-refractivity contribution is 6.31. The summed E-state index contributed by atoms with van der Waals surface area (Å²) < 4.78 is 44.2. The molecule has 2 aromatic carbocycles. The van der Waals surface area contributed by atoms with E-state index in [-0.39, 0.29) is 6.54 Å². The molecule has 3 aromatic rings. The molecule has 0 aliphatic carbocycles. The van der Waals surface area contributed by atoms with Crippen LogP contribution >= 0.6 is 11.6 Å². The van der Waals surface area contributed by atoms with E-state index in [2.05, 4.69) is 5.32 Å². The minimum Gasteiger partial charge on any atom is -0.389 e. The molecule has 1 fully saturated rings. The zero-order valence-corrected chi connectivity index (χ0v) is 13.2. The van der Waals surface area contributed by atoms with Gasteiger partial charge in [-0.1, -0.05) is 11.6 Å². The molecule has 24 heavy (non-hydrogen) atoms. The summed E-state index contributed by atoms with van der Waals surface area (Å²) in [5, 5.41) is 14.3. The number of fused-ring (bicyclic) bond motifs is 3. The summed E-state index contributed by atoms with van der Waals surface area (Å²) in [5.41, 5.74) is 0.935. The molecule has 2 N–H and O–H groups in total. The maximum Gasteiger partial charge on any atom is 0.283 e. The van der Waals surface area contributed by atoms with Crippen LogP contribution in [0.1, 0.15) is 6.04 Å². The van der Waals surface area contributed by atoms with Crippen LogP contribution in [0, 0.1) is 5.82 Å². The van der Waals surface area contributed by atoms with Gasteiger partial charge < -0.3 is 15.0 Å². The molecule has 126 valence electrons. The topological polar surface area (TPSA) is 37.2 Å². The van der Waals surface area contributed by atoms with Gasteiger partial charge in [-0.25, -0.2) is 13.2 Å². The van der Waals surface area contributed by atoms with Gasteiger partial charge in [-0.05, 0) is 36.4 Å². The van der Waals surface area contributed by atoms with Gasteiger partial charge in [0.2, 0.25) is 0 Å². The standard InChI is InChI=1S/C17H14ClF3N2O/c18-9-1-3-13-11(5-9)12-6-10(19)2-4-14(12)23(13)16-15(24)7-22-8-17(16,20)21/h1-6,15-16,22,24H,7-8H2/t15-,16+/m0/s1. The third-order valence-corrected chi connectivity index (χ3v) is 4.75. The van der Waals surface area contributed by atoms with E-state index in [1.807, 2.05) is 0 Å². The first-order valence-electron chi connectivity index (χ1n) is 7.54. The van der Waals surface area contributed by atoms with Gasteiger partial charge in [-0.15, -0.1) is 0 Å². The highest BCUT2D eigenvalue weighted by atomic mass is 35.5. The molecule has 4 rings (SSSR count). The number of rotatable bonds is 1. The van der Waals surface area contributed by atoms with E-state index < -0.39 is 30.4 Å². The van der Waals surface area contributed by atoms with Gasteiger partial charge in [0.25, 0.3) is 5.92 Å². The van der Waals surface area contributed by atoms with Crippen molar-refractivity contribution in [1.29, 1.82) is 0 Å². The fraction of sp³-hybridized carbons (Fsp3) is 0.294. The van der Waals surface area contributed by atoms with Crippen LogP contribution in [0.5, 0.6) is 0 Å². The first kappa shape index (κ1) is 15.7. The van der Waals surface area contributed by atoms with E-state index in [9.17, 15) is 18.3 Å². The fourth-order valence-corrected chi connectivity index (χ4v) is 3.72. The maximum atomic E-state index is 14.6. The Kier molecular flexibility index (Phi) is 3.53. The lowest BCUT2D eigenvalue weighted by Crippen LogP contribution is -2.54. The van der Waals surface area contributed by atoms with Crippen molar-refractivity contribution in [3.63, 3.8) is 0 Å². The average Bonchev–Trinajstić information content (AvgIpc) is 2.80. The number of aromatic nitrogens is 1. The molecule has 2 heterocycles. The number of benzene rings is 2. The third-order valence-electron chi connectivity index (χ3n) is 4.52. The third kappa shape index (κ3) is 2.29. The number of halogens is 4. The maximum absolute atomic E-state index is 14.6. The molecule has 1 saturated heterocycles. The van der Waals surface area contributed by atoms with Crippen LogP contribution in [0.3, 0.4) is 0 Å². The van der Waals surface area contributed by atoms with Gasteiger partial charge in [0.15, 0.2) is 0 Å². The summed E-state index contributed by atoms with van der Waals surface area (Å²) in [6.07, 6.45) is -1.27. The van der Waals surface area contributed by atoms with Crippen LogP contribution in [0.4, 0.5) is 13.2 Å². The largest absolute Gasteiger partial charge is 0.389 e. The number of alkyl halides is 2. The number of nitrogens with zero attached hydrogens (tertiary/aromatic N) is 1. The van der Waals surface area contributed by atoms with E-state index in [1.54, 1.807) is 18.2 Å². The zero-order chi connectivity index (χ0) is 17.1. The predicted molar refractivity (Wildman–Crippen MR) is 87.3 cm³/mol. The van der Waals surface area contributed by atoms with Crippen molar-refractivity contribution in [2.75, 3.05) is 13.1 Å². The Labute approximate surface area is 140 Å². The Morgan fingerprint density at radius 2 is 1.79 bits per heavy atom. The zero-order valence-electron chi connectivity index (χ0n) is 12.4. The van der Waals surface area contributed by atoms with Crippen LogP contribution in [0.25, 0.3) is 21.8 Å². The van der Waals surface area contributed by atoms with Gasteiger partial charge >= 0.3 is 0 Å². The van der Waals surface area contributed by atoms with E-state index in [0.717, 1.165) is 0 Å². The lowest BCUT2D eigenvalue weighted by Gasteiger charge is -2.37. The van der Waals surface area contributed by atoms with Gasteiger partial charge in [-0.3, -0.25) is 0 Å². The molecule has 0 unspecified atom stereocenters. The molecule has 1 aliphatic heterocycles. The van der Waals surface area contributed by atoms with Crippen molar-refractivity contribution in [1.82, 2.24) is 9.88 Å². The molecule has 0 saturated carbocycles. The van der Waals surface area contributed by atoms with E-state index in [4.69, 9.17) is 11.6 Å². The Morgan fingerprint density at radius 1 is 1.12 bits per heavy atom. The summed E-state index contributed by atoms with van der Waals surface area (Å²) in [5.74, 6) is -3.61. The number of hydrogen-bond donors (Lipinski definition) is 2. The quantitative estimate of drug-likeness (QED) is 0.698. The molecule has 0 radical (unpaired) electrons. The first-order chi connectivity index (χ1) is 11.4. The van der Waals surface area contributed by atoms with Crippen LogP contribution in [0.15, 0.2) is 36.4 Å². The Balaban J connectivity index is 2.10. The summed E-state index contributed by atoms with van der Waals surface area (Å²) in [6.45, 7) is -0.457. The number of β-amino-alcohol motifs (C(OH)–C–C–N with tert-alkyl or cyclic N) is 1. The first-order valence-corrected chi connectivity index (χ1v) is 7.91. The number of piperidine rings is 1. The number of aliphatic hydroxyl groups excluding tert-OH is 1. The predicted octanol–water partition coefficient (Wildman–Crippen LogP) is 3.73. The summed E-state index contributed by atoms with van der Waals surface area (Å²) in [7, 11) is 0. The molecule has 0 amide bonds. The second-order valence-corrected chi connectivity index (χ2v) is 6.53. The molecule has 0 bridgehead atoms. The summed E-state index contributed by atoms with van der Waals surface area (Å²) in [4.78, 5) is 0. The fourth-order valence-electron chi connectivity index (χ4n) is 3.54. The Morgan fingerprint density at radius 3 is 2.50 bits per heavy atom. The molecule has 3 nitrogen and oxygen atoms in total. The van der Waals surface area contributed by atoms with E-state index in [0.29, 0.717) is 26.8 Å². The SMILES string of the molecule is O[C@H]1CNCC(F)(F)[C@@H]1n1c2ccc(F)cc2c2cc(Cl)ccc21. The van der Waals surface area contributed by atoms with Gasteiger partial charge in [0, 0.05) is 33.4 Å². The summed E-state index contributed by atoms with van der Waals surface area (Å²) in [6, 6.07) is 7.40. The molecule has 2 atom stereocenters. The number of aliphatic hydroxyl groups is 1. The highest BCUT2D eigenvalue weighted by Gasteiger charge is 2.48. The molecular formula is C17H14ClF3N2O. The van der Waals surface area contributed by atoms with Crippen molar-refractivity contribution in [2.45, 2.75) is 18.1 Å². The highest BCUT2D eigenvalue weighted by Crippen LogP contribution is 2.41. The van der Waals surface area contributed by atoms with Crippen LogP contribution in [-0.4, -0.2) is 34.8 Å². The minimum absolute atomic E-state index is 0.0657. The van der Waals surface area contributed by atoms with Gasteiger partial charge in [0.05, 0.1) is 12.6 Å². The van der Waals surface area contributed by atoms with Crippen molar-refractivity contribution < 1.29 is 18.3 Å². The van der Waals surface area contributed by atoms with Gasteiger partial charge in [0.1, 0.15) is 11.9 Å². The van der Waals surface area contributed by atoms with Gasteiger partial charge in [-0.2, -0.15) is 0 Å². The monoisotopic (exact) mass is 354 g/mol. The minimum atomic E-state index is -3.15. The smallest absolute Gasteiger partial charge is 0.283 e. The van der Waals surface area contributed by atoms with Crippen LogP contribution in [0.2, 0.25) is 5.02 Å². The molecule has 7 heteroatoms. The second-order valence-electron chi connectivity index (χ2n) is 6.10. The van der Waals surface area contributed by atoms with Crippen molar-refractivity contribution in [2.24, 2.45) is 0 Å². The Hall–Kier alpha value is -1.76. The van der Waals surface area contributed by atoms with Crippen molar-refractivity contribution in [3.05, 3.63) is 47.2 Å². The molecule has 0 spiro atoms. The number of nitrogens with one attached hydrogen (secondary N) is 1. The van der Waals surface area contributed by atoms with Crippen LogP contribution < -0.4 is 5.32 Å². The summed E-state index contributed by atoms with van der Waals surface area (Å²) >= 11 is 6.03. The van der Waals surface area contributed by atoms with Crippen LogP contribution in [-0.2, 0) is 0 Å². The van der Waals surface area contributed by atoms with Crippen molar-refractivity contribution in [3.8, 4) is 0 Å². The second kappa shape index (κ2) is 5.37. The van der Waals surface area contributed by atoms with E-state index >= 15 is 0 Å². The average molecular weight is 355 g/mol. The van der Waals surface area contributed by atoms with E-state index in [1.165, 1.54) is 22.8 Å². The number of hydrogen-bond acceptors (Lipinski definition) is 2. The molecular weight excluding hydrogens is 341 g/mol. The van der Waals surface area contributed by atoms with Crippen molar-refractivity contribution >= 4 is 33.4 Å². The lowest BCUT2D eigenvalue weighted by molar-refractivity contribution is -0.110. The lowest BCUT2D eigenvalue weighted by atomic mass is 9.98. The molecule has 1 aliphatic rings. The molecule has 1 aromatic heterocycles. The Bertz CT molecular complexity index is 881.